The summed E-state index contributed by atoms with van der Waals surface area (Å²) in [7, 11) is 3.82. The largest absolute Gasteiger partial charge is 0.362 e. The average Bonchev–Trinajstić information content (AvgIpc) is 2.62. The number of hydrogen-bond donors (Lipinski definition) is 1. The molecule has 6 nitrogen and oxygen atoms in total. The quantitative estimate of drug-likeness (QED) is 0.886. The van der Waals surface area contributed by atoms with Gasteiger partial charge in [-0.3, -0.25) is 9.59 Å². The Hall–Kier alpha value is -2.54. The molecular formula is C18H20N4O2S. The summed E-state index contributed by atoms with van der Waals surface area (Å²) in [4.78, 5) is 33.4. The number of nitrogens with one attached hydrogen (secondary N) is 1. The molecule has 25 heavy (non-hydrogen) atoms. The Bertz CT molecular complexity index is 794. The normalized spacial score (nSPS) is 13.4. The summed E-state index contributed by atoms with van der Waals surface area (Å²) >= 11 is 1.51. The van der Waals surface area contributed by atoms with Crippen LogP contribution >= 0.6 is 11.8 Å². The summed E-state index contributed by atoms with van der Waals surface area (Å²) in [5.74, 6) is 0.939. The zero-order chi connectivity index (χ0) is 17.8. The van der Waals surface area contributed by atoms with E-state index in [9.17, 15) is 9.59 Å². The van der Waals surface area contributed by atoms with Gasteiger partial charge in [0.05, 0.1) is 11.4 Å². The predicted molar refractivity (Wildman–Crippen MR) is 99.9 cm³/mol. The van der Waals surface area contributed by atoms with E-state index in [0.717, 1.165) is 22.0 Å². The first kappa shape index (κ1) is 17.3. The van der Waals surface area contributed by atoms with Gasteiger partial charge in [0, 0.05) is 37.3 Å². The number of anilines is 2. The Morgan fingerprint density at radius 3 is 2.88 bits per heavy atom. The SMILES string of the molecule is CN(C)c1ncccc1CNC(=O)CN1C(=O)CSc2ccccc21. The Balaban J connectivity index is 1.67. The Morgan fingerprint density at radius 1 is 1.28 bits per heavy atom. The third-order valence-electron chi connectivity index (χ3n) is 3.88. The maximum absolute atomic E-state index is 12.4. The number of para-hydroxylation sites is 1. The van der Waals surface area contributed by atoms with Crippen LogP contribution in [0.5, 0.6) is 0 Å². The van der Waals surface area contributed by atoms with Crippen molar-refractivity contribution in [1.29, 1.82) is 0 Å². The van der Waals surface area contributed by atoms with E-state index in [2.05, 4.69) is 10.3 Å². The molecule has 0 radical (unpaired) electrons. The van der Waals surface area contributed by atoms with Gasteiger partial charge in [-0.05, 0) is 18.2 Å². The number of carbonyl (C=O) groups excluding carboxylic acids is 2. The highest BCUT2D eigenvalue weighted by atomic mass is 32.2. The third kappa shape index (κ3) is 3.93. The molecule has 130 valence electrons. The van der Waals surface area contributed by atoms with Crippen molar-refractivity contribution in [2.45, 2.75) is 11.4 Å². The number of fused-ring (bicyclic) bond motifs is 1. The molecule has 0 atom stereocenters. The molecule has 2 heterocycles. The van der Waals surface area contributed by atoms with Crippen molar-refractivity contribution in [3.05, 3.63) is 48.2 Å². The van der Waals surface area contributed by atoms with Gasteiger partial charge in [-0.1, -0.05) is 18.2 Å². The van der Waals surface area contributed by atoms with Gasteiger partial charge in [-0.15, -0.1) is 11.8 Å². The van der Waals surface area contributed by atoms with Gasteiger partial charge < -0.3 is 15.1 Å². The van der Waals surface area contributed by atoms with Crippen LogP contribution in [0.4, 0.5) is 11.5 Å². The van der Waals surface area contributed by atoms with Crippen LogP contribution in [0.2, 0.25) is 0 Å². The molecule has 1 N–H and O–H groups in total. The molecule has 1 aromatic heterocycles. The van der Waals surface area contributed by atoms with E-state index in [4.69, 9.17) is 0 Å². The molecule has 0 spiro atoms. The van der Waals surface area contributed by atoms with Crippen LogP contribution in [-0.4, -0.2) is 43.2 Å². The summed E-state index contributed by atoms with van der Waals surface area (Å²) in [6, 6.07) is 11.4. The van der Waals surface area contributed by atoms with E-state index >= 15 is 0 Å². The van der Waals surface area contributed by atoms with Crippen molar-refractivity contribution in [2.24, 2.45) is 0 Å². The molecule has 2 aromatic rings. The number of pyridine rings is 1. The van der Waals surface area contributed by atoms with Crippen molar-refractivity contribution in [3.63, 3.8) is 0 Å². The van der Waals surface area contributed by atoms with Gasteiger partial charge in [0.2, 0.25) is 11.8 Å². The first-order valence-electron chi connectivity index (χ1n) is 7.96. The van der Waals surface area contributed by atoms with Crippen molar-refractivity contribution >= 4 is 35.1 Å². The summed E-state index contributed by atoms with van der Waals surface area (Å²) in [6.45, 7) is 0.395. The zero-order valence-electron chi connectivity index (χ0n) is 14.2. The maximum Gasteiger partial charge on any atom is 0.240 e. The topological polar surface area (TPSA) is 65.5 Å². The second kappa shape index (κ2) is 7.57. The molecular weight excluding hydrogens is 336 g/mol. The summed E-state index contributed by atoms with van der Waals surface area (Å²) in [5.41, 5.74) is 1.73. The number of rotatable bonds is 5. The van der Waals surface area contributed by atoms with Crippen LogP contribution in [0.25, 0.3) is 0 Å². The molecule has 0 fully saturated rings. The minimum Gasteiger partial charge on any atom is -0.362 e. The maximum atomic E-state index is 12.4. The van der Waals surface area contributed by atoms with Crippen LogP contribution in [0.1, 0.15) is 5.56 Å². The smallest absolute Gasteiger partial charge is 0.240 e. The molecule has 7 heteroatoms. The molecule has 2 amide bonds. The van der Waals surface area contributed by atoms with Gasteiger partial charge in [0.25, 0.3) is 0 Å². The lowest BCUT2D eigenvalue weighted by Gasteiger charge is -2.28. The number of amides is 2. The van der Waals surface area contributed by atoms with E-state index in [1.807, 2.05) is 55.4 Å². The van der Waals surface area contributed by atoms with Crippen LogP contribution < -0.4 is 15.1 Å². The van der Waals surface area contributed by atoms with E-state index in [1.165, 1.54) is 11.8 Å². The second-order valence-electron chi connectivity index (χ2n) is 5.89. The number of hydrogen-bond acceptors (Lipinski definition) is 5. The molecule has 0 bridgehead atoms. The Morgan fingerprint density at radius 2 is 2.08 bits per heavy atom. The first-order valence-corrected chi connectivity index (χ1v) is 8.95. The molecule has 0 saturated carbocycles. The van der Waals surface area contributed by atoms with Crippen LogP contribution in [-0.2, 0) is 16.1 Å². The lowest BCUT2D eigenvalue weighted by Crippen LogP contribution is -2.43. The van der Waals surface area contributed by atoms with Crippen molar-refractivity contribution < 1.29 is 9.59 Å². The van der Waals surface area contributed by atoms with Crippen molar-refractivity contribution in [2.75, 3.05) is 36.2 Å². The highest BCUT2D eigenvalue weighted by Crippen LogP contribution is 2.34. The fourth-order valence-electron chi connectivity index (χ4n) is 2.69. The summed E-state index contributed by atoms with van der Waals surface area (Å²) in [5, 5.41) is 2.89. The number of aromatic nitrogens is 1. The lowest BCUT2D eigenvalue weighted by molar-refractivity contribution is -0.123. The van der Waals surface area contributed by atoms with Crippen molar-refractivity contribution in [1.82, 2.24) is 10.3 Å². The standard InChI is InChI=1S/C18H20N4O2S/c1-21(2)18-13(6-5-9-19-18)10-20-16(23)11-22-14-7-3-4-8-15(14)25-12-17(22)24/h3-9H,10-12H2,1-2H3,(H,20,23). The van der Waals surface area contributed by atoms with E-state index in [-0.39, 0.29) is 18.4 Å². The third-order valence-corrected chi connectivity index (χ3v) is 4.92. The zero-order valence-corrected chi connectivity index (χ0v) is 15.0. The lowest BCUT2D eigenvalue weighted by atomic mass is 10.2. The molecule has 0 saturated heterocycles. The molecule has 0 unspecified atom stereocenters. The Labute approximate surface area is 151 Å². The molecule has 1 aliphatic rings. The molecule has 1 aromatic carbocycles. The highest BCUT2D eigenvalue weighted by Gasteiger charge is 2.26. The average molecular weight is 356 g/mol. The molecule has 1 aliphatic heterocycles. The Kier molecular flexibility index (Phi) is 5.23. The van der Waals surface area contributed by atoms with E-state index < -0.39 is 0 Å². The van der Waals surface area contributed by atoms with Crippen LogP contribution in [0.15, 0.2) is 47.5 Å². The molecule has 0 aliphatic carbocycles. The van der Waals surface area contributed by atoms with Crippen molar-refractivity contribution in [3.8, 4) is 0 Å². The van der Waals surface area contributed by atoms with Gasteiger partial charge >= 0.3 is 0 Å². The van der Waals surface area contributed by atoms with E-state index in [0.29, 0.717) is 12.3 Å². The number of carbonyl (C=O) groups is 2. The highest BCUT2D eigenvalue weighted by molar-refractivity contribution is 8.00. The number of nitrogens with zero attached hydrogens (tertiary/aromatic N) is 3. The molecule has 3 rings (SSSR count). The fraction of sp³-hybridized carbons (Fsp3) is 0.278. The first-order chi connectivity index (χ1) is 12.1. The minimum absolute atomic E-state index is 0.0218. The monoisotopic (exact) mass is 356 g/mol. The fourth-order valence-corrected chi connectivity index (χ4v) is 3.63. The predicted octanol–water partition coefficient (Wildman–Crippen LogP) is 1.90. The number of thioether (sulfide) groups is 1. The van der Waals surface area contributed by atoms with Gasteiger partial charge in [-0.25, -0.2) is 4.98 Å². The number of benzene rings is 1. The minimum atomic E-state index is -0.191. The second-order valence-corrected chi connectivity index (χ2v) is 6.91. The van der Waals surface area contributed by atoms with Gasteiger partial charge in [0.15, 0.2) is 0 Å². The van der Waals surface area contributed by atoms with Gasteiger partial charge in [-0.2, -0.15) is 0 Å². The van der Waals surface area contributed by atoms with Gasteiger partial charge in [0.1, 0.15) is 12.4 Å². The van der Waals surface area contributed by atoms with E-state index in [1.54, 1.807) is 11.1 Å². The summed E-state index contributed by atoms with van der Waals surface area (Å²) in [6.07, 6.45) is 1.72. The van der Waals surface area contributed by atoms with Crippen LogP contribution in [0, 0.1) is 0 Å². The summed E-state index contributed by atoms with van der Waals surface area (Å²) < 4.78 is 0. The van der Waals surface area contributed by atoms with Crippen LogP contribution in [0.3, 0.4) is 0 Å².